The van der Waals surface area contributed by atoms with Crippen LogP contribution in [-0.2, 0) is 11.0 Å². The molecule has 10 heteroatoms. The lowest BCUT2D eigenvalue weighted by Gasteiger charge is -2.15. The van der Waals surface area contributed by atoms with E-state index in [1.54, 1.807) is 30.3 Å². The van der Waals surface area contributed by atoms with Crippen molar-refractivity contribution in [1.82, 2.24) is 14.8 Å². The molecular weight excluding hydrogens is 461 g/mol. The molecule has 1 unspecified atom stereocenters. The number of alkyl halides is 3. The highest BCUT2D eigenvalue weighted by Crippen LogP contribution is 2.28. The van der Waals surface area contributed by atoms with Gasteiger partial charge < -0.3 is 10.1 Å². The van der Waals surface area contributed by atoms with Gasteiger partial charge in [-0.1, -0.05) is 32.1 Å². The summed E-state index contributed by atoms with van der Waals surface area (Å²) in [6.45, 7) is 10.7. The average molecular weight is 491 g/mol. The minimum Gasteiger partial charge on any atom is -0.497 e. The van der Waals surface area contributed by atoms with Crippen molar-refractivity contribution in [1.29, 1.82) is 0 Å². The molecular formula is C25H29F3N4O3. The Hall–Kier alpha value is -3.95. The molecule has 0 fully saturated rings. The van der Waals surface area contributed by atoms with Crippen LogP contribution in [0.25, 0.3) is 11.3 Å². The average Bonchev–Trinajstić information content (AvgIpc) is 2.85. The number of rotatable bonds is 5. The molecule has 1 amide bonds. The van der Waals surface area contributed by atoms with Crippen LogP contribution in [0.15, 0.2) is 72.2 Å². The van der Waals surface area contributed by atoms with E-state index in [-0.39, 0.29) is 5.69 Å². The van der Waals surface area contributed by atoms with Gasteiger partial charge in [0.2, 0.25) is 5.91 Å². The van der Waals surface area contributed by atoms with Crippen LogP contribution in [0.3, 0.4) is 0 Å². The zero-order valence-electron chi connectivity index (χ0n) is 20.3. The summed E-state index contributed by atoms with van der Waals surface area (Å²) < 4.78 is 44.0. The van der Waals surface area contributed by atoms with Crippen LogP contribution in [0.2, 0.25) is 0 Å². The van der Waals surface area contributed by atoms with Crippen LogP contribution < -0.4 is 15.6 Å². The first-order valence-corrected chi connectivity index (χ1v) is 10.8. The van der Waals surface area contributed by atoms with Gasteiger partial charge in [-0.2, -0.15) is 18.3 Å². The molecule has 35 heavy (non-hydrogen) atoms. The summed E-state index contributed by atoms with van der Waals surface area (Å²) >= 11 is 0. The lowest BCUT2D eigenvalue weighted by molar-refractivity contribution is -0.141. The molecule has 2 heterocycles. The van der Waals surface area contributed by atoms with Crippen LogP contribution >= 0.6 is 0 Å². The lowest BCUT2D eigenvalue weighted by atomic mass is 10.1. The summed E-state index contributed by atoms with van der Waals surface area (Å²) in [6, 6.07) is 10.7. The second-order valence-corrected chi connectivity index (χ2v) is 6.74. The van der Waals surface area contributed by atoms with Gasteiger partial charge in [-0.25, -0.2) is 9.67 Å². The molecule has 0 aliphatic heterocycles. The Bertz CT molecular complexity index is 1160. The molecule has 0 saturated heterocycles. The fourth-order valence-electron chi connectivity index (χ4n) is 2.63. The number of anilines is 1. The number of hydrogen-bond donors (Lipinski definition) is 1. The Morgan fingerprint density at radius 2 is 1.83 bits per heavy atom. The molecule has 1 atom stereocenters. The van der Waals surface area contributed by atoms with Crippen LogP contribution in [0.4, 0.5) is 18.9 Å². The largest absolute Gasteiger partial charge is 0.497 e. The van der Waals surface area contributed by atoms with Gasteiger partial charge in [-0.15, -0.1) is 6.58 Å². The zero-order valence-corrected chi connectivity index (χ0v) is 20.3. The van der Waals surface area contributed by atoms with Gasteiger partial charge >= 0.3 is 6.18 Å². The Balaban J connectivity index is 0.00000114. The second-order valence-electron chi connectivity index (χ2n) is 6.74. The van der Waals surface area contributed by atoms with Crippen LogP contribution in [0.5, 0.6) is 5.75 Å². The van der Waals surface area contributed by atoms with E-state index in [4.69, 9.17) is 4.74 Å². The maximum atomic E-state index is 12.6. The Labute approximate surface area is 202 Å². The van der Waals surface area contributed by atoms with E-state index in [1.165, 1.54) is 26.2 Å². The number of nitrogens with zero attached hydrogens (tertiary/aromatic N) is 3. The molecule has 0 aliphatic carbocycles. The number of hydrogen-bond acceptors (Lipinski definition) is 5. The number of pyridine rings is 1. The summed E-state index contributed by atoms with van der Waals surface area (Å²) in [7, 11) is 1.52. The van der Waals surface area contributed by atoms with Gasteiger partial charge in [0.25, 0.3) is 5.56 Å². The van der Waals surface area contributed by atoms with Gasteiger partial charge in [0.05, 0.1) is 24.7 Å². The lowest BCUT2D eigenvalue weighted by Crippen LogP contribution is -2.33. The smallest absolute Gasteiger partial charge is 0.433 e. The number of benzene rings is 1. The molecule has 7 nitrogen and oxygen atoms in total. The number of halogens is 3. The number of methoxy groups -OCH3 is 1. The standard InChI is InChI=1S/C20H17F3N4O3.C3H6.C2H6/c1-12(19(29)25-14-6-8-17(24-11-14)20(21,22)23)27-18(28)9-7-16(26-27)13-4-3-5-15(10-13)30-2;1-3-2;1-2/h3-12H,1-2H3,(H,25,29);3H,1H2,2H3;1-2H3. The monoisotopic (exact) mass is 490 g/mol. The van der Waals surface area contributed by atoms with Crippen LogP contribution in [0.1, 0.15) is 39.4 Å². The number of nitrogens with one attached hydrogen (secondary N) is 1. The molecule has 0 saturated carbocycles. The minimum atomic E-state index is -4.58. The van der Waals surface area contributed by atoms with Crippen molar-refractivity contribution in [3.63, 3.8) is 0 Å². The number of carbonyl (C=O) groups excluding carboxylic acids is 1. The maximum absolute atomic E-state index is 12.6. The Morgan fingerprint density at radius 1 is 1.17 bits per heavy atom. The number of carbonyl (C=O) groups is 1. The first-order chi connectivity index (χ1) is 16.6. The summed E-state index contributed by atoms with van der Waals surface area (Å²) in [5.41, 5.74) is -0.379. The predicted molar refractivity (Wildman–Crippen MR) is 130 cm³/mol. The topological polar surface area (TPSA) is 86.1 Å². The van der Waals surface area contributed by atoms with Crippen molar-refractivity contribution in [2.45, 2.75) is 39.9 Å². The molecule has 1 aromatic carbocycles. The van der Waals surface area contributed by atoms with E-state index >= 15 is 0 Å². The summed E-state index contributed by atoms with van der Waals surface area (Å²) in [4.78, 5) is 28.0. The SMILES string of the molecule is C=CC.CC.COc1cccc(-c2ccc(=O)n(C(C)C(=O)Nc3ccc(C(F)(F)F)nc3)n2)c1. The minimum absolute atomic E-state index is 0.0665. The normalized spacial score (nSPS) is 11.1. The highest BCUT2D eigenvalue weighted by atomic mass is 19.4. The van der Waals surface area contributed by atoms with Crippen molar-refractivity contribution in [2.24, 2.45) is 0 Å². The molecule has 0 radical (unpaired) electrons. The third-order valence-corrected chi connectivity index (χ3v) is 4.26. The summed E-state index contributed by atoms with van der Waals surface area (Å²) in [5, 5.41) is 6.69. The fraction of sp³-hybridized carbons (Fsp3) is 0.280. The van der Waals surface area contributed by atoms with E-state index in [0.29, 0.717) is 17.0 Å². The first kappa shape index (κ1) is 29.1. The maximum Gasteiger partial charge on any atom is 0.433 e. The van der Waals surface area contributed by atoms with E-state index in [2.05, 4.69) is 22.0 Å². The molecule has 188 valence electrons. The van der Waals surface area contributed by atoms with Crippen molar-refractivity contribution in [2.75, 3.05) is 12.4 Å². The predicted octanol–water partition coefficient (Wildman–Crippen LogP) is 5.75. The summed E-state index contributed by atoms with van der Waals surface area (Å²) in [6.07, 6.45) is -1.93. The molecule has 3 aromatic rings. The van der Waals surface area contributed by atoms with Crippen LogP contribution in [0, 0.1) is 0 Å². The van der Waals surface area contributed by atoms with Gasteiger partial charge in [0, 0.05) is 11.6 Å². The van der Waals surface area contributed by atoms with Crippen molar-refractivity contribution in [3.05, 3.63) is 83.4 Å². The van der Waals surface area contributed by atoms with E-state index in [0.717, 1.165) is 23.0 Å². The van der Waals surface area contributed by atoms with Crippen molar-refractivity contribution < 1.29 is 22.7 Å². The quantitative estimate of drug-likeness (QED) is 0.460. The molecule has 3 rings (SSSR count). The highest BCUT2D eigenvalue weighted by Gasteiger charge is 2.32. The zero-order chi connectivity index (χ0) is 26.6. The summed E-state index contributed by atoms with van der Waals surface area (Å²) in [5.74, 6) is -0.0263. The third kappa shape index (κ3) is 8.40. The number of aromatic nitrogens is 3. The second kappa shape index (κ2) is 13.7. The van der Waals surface area contributed by atoms with E-state index < -0.39 is 29.4 Å². The van der Waals surface area contributed by atoms with Crippen molar-refractivity contribution >= 4 is 11.6 Å². The van der Waals surface area contributed by atoms with Gasteiger partial charge in [0.15, 0.2) is 0 Å². The van der Waals surface area contributed by atoms with Gasteiger partial charge in [-0.05, 0) is 44.2 Å². The fourth-order valence-corrected chi connectivity index (χ4v) is 2.63. The molecule has 0 aliphatic rings. The van der Waals surface area contributed by atoms with Crippen molar-refractivity contribution in [3.8, 4) is 17.0 Å². The van der Waals surface area contributed by atoms with E-state index in [9.17, 15) is 22.8 Å². The number of ether oxygens (including phenoxy) is 1. The van der Waals surface area contributed by atoms with Gasteiger partial charge in [0.1, 0.15) is 17.5 Å². The Morgan fingerprint density at radius 3 is 2.37 bits per heavy atom. The highest BCUT2D eigenvalue weighted by molar-refractivity contribution is 5.93. The molecule has 1 N–H and O–H groups in total. The first-order valence-electron chi connectivity index (χ1n) is 10.8. The molecule has 2 aromatic heterocycles. The number of amides is 1. The number of allylic oxidation sites excluding steroid dienone is 1. The third-order valence-electron chi connectivity index (χ3n) is 4.26. The molecule has 0 spiro atoms. The van der Waals surface area contributed by atoms with Gasteiger partial charge in [-0.3, -0.25) is 9.59 Å². The Kier molecular flexibility index (Phi) is 11.4. The van der Waals surface area contributed by atoms with Crippen LogP contribution in [-0.4, -0.2) is 27.8 Å². The van der Waals surface area contributed by atoms with E-state index in [1.807, 2.05) is 20.8 Å². The molecule has 0 bridgehead atoms.